The lowest BCUT2D eigenvalue weighted by Gasteiger charge is -2.09. The van der Waals surface area contributed by atoms with E-state index in [1.807, 2.05) is 18.3 Å². The standard InChI is InChI=1S/C12H17N3O2/c1-10(12-3-2-6-17-12)13-7-11-8-14-15(9-11)4-5-16/h2-3,6,8-10,13,16H,4-5,7H2,1H3/t10-/m0/s1. The average Bonchev–Trinajstić information content (AvgIpc) is 2.97. The highest BCUT2D eigenvalue weighted by molar-refractivity contribution is 5.06. The van der Waals surface area contributed by atoms with Crippen LogP contribution in [0.4, 0.5) is 0 Å². The van der Waals surface area contributed by atoms with Gasteiger partial charge in [-0.05, 0) is 19.1 Å². The monoisotopic (exact) mass is 235 g/mol. The van der Waals surface area contributed by atoms with Crippen LogP contribution in [-0.2, 0) is 13.1 Å². The molecule has 17 heavy (non-hydrogen) atoms. The number of aliphatic hydroxyl groups excluding tert-OH is 1. The number of furan rings is 1. The highest BCUT2D eigenvalue weighted by Gasteiger charge is 2.07. The average molecular weight is 235 g/mol. The lowest BCUT2D eigenvalue weighted by Crippen LogP contribution is -2.17. The third-order valence-corrected chi connectivity index (χ3v) is 2.60. The number of nitrogens with one attached hydrogen (secondary N) is 1. The quantitative estimate of drug-likeness (QED) is 0.792. The summed E-state index contributed by atoms with van der Waals surface area (Å²) < 4.78 is 7.04. The summed E-state index contributed by atoms with van der Waals surface area (Å²) in [5.74, 6) is 0.924. The van der Waals surface area contributed by atoms with Crippen molar-refractivity contribution in [3.63, 3.8) is 0 Å². The third kappa shape index (κ3) is 3.18. The van der Waals surface area contributed by atoms with Crippen LogP contribution in [0.2, 0.25) is 0 Å². The Morgan fingerprint density at radius 1 is 1.59 bits per heavy atom. The molecule has 0 spiro atoms. The highest BCUT2D eigenvalue weighted by Crippen LogP contribution is 2.12. The van der Waals surface area contributed by atoms with Gasteiger partial charge in [-0.3, -0.25) is 4.68 Å². The second kappa shape index (κ2) is 5.65. The van der Waals surface area contributed by atoms with Crippen LogP contribution in [0.25, 0.3) is 0 Å². The molecule has 0 fully saturated rings. The van der Waals surface area contributed by atoms with Gasteiger partial charge in [-0.2, -0.15) is 5.10 Å². The van der Waals surface area contributed by atoms with E-state index in [2.05, 4.69) is 17.3 Å². The van der Waals surface area contributed by atoms with Crippen LogP contribution in [0.15, 0.2) is 35.2 Å². The van der Waals surface area contributed by atoms with Crippen LogP contribution in [0.5, 0.6) is 0 Å². The summed E-state index contributed by atoms with van der Waals surface area (Å²) >= 11 is 0. The first-order valence-electron chi connectivity index (χ1n) is 5.68. The van der Waals surface area contributed by atoms with Crippen molar-refractivity contribution in [3.8, 4) is 0 Å². The van der Waals surface area contributed by atoms with Gasteiger partial charge in [-0.1, -0.05) is 0 Å². The second-order valence-electron chi connectivity index (χ2n) is 3.95. The first kappa shape index (κ1) is 11.9. The molecule has 0 bridgehead atoms. The second-order valence-corrected chi connectivity index (χ2v) is 3.95. The fraction of sp³-hybridized carbons (Fsp3) is 0.417. The zero-order valence-electron chi connectivity index (χ0n) is 9.84. The van der Waals surface area contributed by atoms with Gasteiger partial charge in [0.2, 0.25) is 0 Å². The summed E-state index contributed by atoms with van der Waals surface area (Å²) in [6.07, 6.45) is 5.41. The molecule has 0 aliphatic rings. The van der Waals surface area contributed by atoms with Gasteiger partial charge in [-0.15, -0.1) is 0 Å². The molecule has 2 rings (SSSR count). The number of rotatable bonds is 6. The maximum Gasteiger partial charge on any atom is 0.120 e. The van der Waals surface area contributed by atoms with Crippen molar-refractivity contribution in [2.75, 3.05) is 6.61 Å². The van der Waals surface area contributed by atoms with Gasteiger partial charge in [0.25, 0.3) is 0 Å². The van der Waals surface area contributed by atoms with Gasteiger partial charge >= 0.3 is 0 Å². The molecule has 0 saturated heterocycles. The molecule has 92 valence electrons. The van der Waals surface area contributed by atoms with Crippen molar-refractivity contribution in [1.82, 2.24) is 15.1 Å². The Balaban J connectivity index is 1.84. The molecule has 0 saturated carbocycles. The smallest absolute Gasteiger partial charge is 0.120 e. The van der Waals surface area contributed by atoms with Gasteiger partial charge < -0.3 is 14.8 Å². The van der Waals surface area contributed by atoms with Crippen molar-refractivity contribution < 1.29 is 9.52 Å². The van der Waals surface area contributed by atoms with Gasteiger partial charge in [-0.25, -0.2) is 0 Å². The van der Waals surface area contributed by atoms with Crippen molar-refractivity contribution in [2.45, 2.75) is 26.1 Å². The molecular formula is C12H17N3O2. The predicted molar refractivity (Wildman–Crippen MR) is 63.3 cm³/mol. The zero-order chi connectivity index (χ0) is 12.1. The molecule has 2 aromatic rings. The van der Waals surface area contributed by atoms with Gasteiger partial charge in [0, 0.05) is 18.3 Å². The molecule has 0 radical (unpaired) electrons. The van der Waals surface area contributed by atoms with Crippen LogP contribution in [0.1, 0.15) is 24.3 Å². The van der Waals surface area contributed by atoms with Crippen molar-refractivity contribution in [2.24, 2.45) is 0 Å². The maximum atomic E-state index is 8.78. The molecule has 5 nitrogen and oxygen atoms in total. The minimum Gasteiger partial charge on any atom is -0.468 e. The first-order chi connectivity index (χ1) is 8.29. The Morgan fingerprint density at radius 3 is 3.18 bits per heavy atom. The maximum absolute atomic E-state index is 8.78. The topological polar surface area (TPSA) is 63.2 Å². The van der Waals surface area contributed by atoms with E-state index in [0.29, 0.717) is 6.54 Å². The molecule has 2 N–H and O–H groups in total. The van der Waals surface area contributed by atoms with Gasteiger partial charge in [0.1, 0.15) is 5.76 Å². The van der Waals surface area contributed by atoms with Crippen molar-refractivity contribution in [3.05, 3.63) is 42.1 Å². The minimum atomic E-state index is 0.108. The largest absolute Gasteiger partial charge is 0.468 e. The molecular weight excluding hydrogens is 218 g/mol. The lowest BCUT2D eigenvalue weighted by atomic mass is 10.2. The Bertz CT molecular complexity index is 436. The van der Waals surface area contributed by atoms with Crippen LogP contribution in [0.3, 0.4) is 0 Å². The molecule has 1 atom stereocenters. The Morgan fingerprint density at radius 2 is 2.47 bits per heavy atom. The fourth-order valence-corrected chi connectivity index (χ4v) is 1.63. The van der Waals surface area contributed by atoms with Gasteiger partial charge in [0.05, 0.1) is 31.7 Å². The van der Waals surface area contributed by atoms with E-state index < -0.39 is 0 Å². The number of aliphatic hydroxyl groups is 1. The normalized spacial score (nSPS) is 12.8. The van der Waals surface area contributed by atoms with Crippen LogP contribution < -0.4 is 5.32 Å². The molecule has 2 aromatic heterocycles. The summed E-state index contributed by atoms with van der Waals surface area (Å²) in [5.41, 5.74) is 1.09. The number of hydrogen-bond donors (Lipinski definition) is 2. The summed E-state index contributed by atoms with van der Waals surface area (Å²) in [6, 6.07) is 4.01. The lowest BCUT2D eigenvalue weighted by molar-refractivity contribution is 0.269. The van der Waals surface area contributed by atoms with Crippen LogP contribution in [0, 0.1) is 0 Å². The first-order valence-corrected chi connectivity index (χ1v) is 5.68. The van der Waals surface area contributed by atoms with E-state index in [-0.39, 0.29) is 12.6 Å². The fourth-order valence-electron chi connectivity index (χ4n) is 1.63. The summed E-state index contributed by atoms with van der Waals surface area (Å²) in [4.78, 5) is 0. The number of aromatic nitrogens is 2. The number of nitrogens with zero attached hydrogens (tertiary/aromatic N) is 2. The van der Waals surface area contributed by atoms with Crippen molar-refractivity contribution >= 4 is 0 Å². The van der Waals surface area contributed by atoms with Crippen molar-refractivity contribution in [1.29, 1.82) is 0 Å². The molecule has 2 heterocycles. The van der Waals surface area contributed by atoms with E-state index in [1.54, 1.807) is 17.1 Å². The summed E-state index contributed by atoms with van der Waals surface area (Å²) in [7, 11) is 0. The molecule has 5 heteroatoms. The van der Waals surface area contributed by atoms with E-state index in [9.17, 15) is 0 Å². The molecule has 0 aliphatic heterocycles. The van der Waals surface area contributed by atoms with E-state index in [0.717, 1.165) is 17.9 Å². The van der Waals surface area contributed by atoms with E-state index in [4.69, 9.17) is 9.52 Å². The zero-order valence-corrected chi connectivity index (χ0v) is 9.84. The molecule has 0 unspecified atom stereocenters. The summed E-state index contributed by atoms with van der Waals surface area (Å²) in [6.45, 7) is 3.43. The van der Waals surface area contributed by atoms with Crippen LogP contribution >= 0.6 is 0 Å². The molecule has 0 aromatic carbocycles. The predicted octanol–water partition coefficient (Wildman–Crippen LogP) is 1.32. The Hall–Kier alpha value is -1.59. The third-order valence-electron chi connectivity index (χ3n) is 2.60. The highest BCUT2D eigenvalue weighted by atomic mass is 16.3. The van der Waals surface area contributed by atoms with Gasteiger partial charge in [0.15, 0.2) is 0 Å². The Kier molecular flexibility index (Phi) is 3.95. The van der Waals surface area contributed by atoms with Crippen LogP contribution in [-0.4, -0.2) is 21.5 Å². The molecule has 0 amide bonds. The van der Waals surface area contributed by atoms with E-state index >= 15 is 0 Å². The summed E-state index contributed by atoms with van der Waals surface area (Å²) in [5, 5.41) is 16.3. The molecule has 0 aliphatic carbocycles. The number of hydrogen-bond acceptors (Lipinski definition) is 4. The Labute approximate surface area is 100 Å². The SMILES string of the molecule is C[C@H](NCc1cnn(CCO)c1)c1ccco1. The minimum absolute atomic E-state index is 0.108. The van der Waals surface area contributed by atoms with E-state index in [1.165, 1.54) is 0 Å².